The molecule has 2 amide bonds. The van der Waals surface area contributed by atoms with Gasteiger partial charge in [-0.2, -0.15) is 5.10 Å². The lowest BCUT2D eigenvalue weighted by molar-refractivity contribution is -0.137. The third-order valence-corrected chi connectivity index (χ3v) is 6.25. The Kier molecular flexibility index (Phi) is 8.13. The number of carbonyl (C=O) groups is 2. The summed E-state index contributed by atoms with van der Waals surface area (Å²) in [4.78, 5) is 28.4. The second kappa shape index (κ2) is 11.6. The molecule has 1 N–H and O–H groups in total. The molecule has 0 spiro atoms. The molecule has 0 saturated carbocycles. The molecule has 4 rings (SSSR count). The predicted octanol–water partition coefficient (Wildman–Crippen LogP) is 6.05. The lowest BCUT2D eigenvalue weighted by atomic mass is 9.94. The normalized spacial score (nSPS) is 11.8. The Morgan fingerprint density at radius 3 is 2.16 bits per heavy atom. The predicted molar refractivity (Wildman–Crippen MR) is 144 cm³/mol. The quantitative estimate of drug-likeness (QED) is 0.306. The van der Waals surface area contributed by atoms with E-state index in [0.717, 1.165) is 11.1 Å². The van der Waals surface area contributed by atoms with Crippen LogP contribution in [0.5, 0.6) is 0 Å². The Morgan fingerprint density at radius 2 is 1.57 bits per heavy atom. The van der Waals surface area contributed by atoms with Gasteiger partial charge in [0.05, 0.1) is 17.3 Å². The van der Waals surface area contributed by atoms with Gasteiger partial charge in [-0.25, -0.2) is 9.07 Å². The van der Waals surface area contributed by atoms with Crippen LogP contribution in [0.15, 0.2) is 91.0 Å². The van der Waals surface area contributed by atoms with Crippen LogP contribution in [0.1, 0.15) is 38.7 Å². The minimum atomic E-state index is -0.361. The van der Waals surface area contributed by atoms with Crippen LogP contribution < -0.4 is 5.32 Å². The van der Waals surface area contributed by atoms with E-state index in [4.69, 9.17) is 0 Å². The third kappa shape index (κ3) is 6.12. The summed E-state index contributed by atoms with van der Waals surface area (Å²) in [6.45, 7) is 5.67. The average molecular weight is 499 g/mol. The first-order valence-electron chi connectivity index (χ1n) is 12.4. The molecule has 3 aromatic carbocycles. The highest BCUT2D eigenvalue weighted by molar-refractivity contribution is 5.95. The molecule has 7 heteroatoms. The van der Waals surface area contributed by atoms with E-state index >= 15 is 0 Å². The van der Waals surface area contributed by atoms with E-state index in [1.54, 1.807) is 27.8 Å². The van der Waals surface area contributed by atoms with Crippen molar-refractivity contribution in [2.45, 2.75) is 39.2 Å². The largest absolute Gasteiger partial charge is 0.330 e. The van der Waals surface area contributed by atoms with Crippen molar-refractivity contribution in [2.24, 2.45) is 0 Å². The summed E-state index contributed by atoms with van der Waals surface area (Å²) in [5, 5.41) is 7.59. The van der Waals surface area contributed by atoms with Crippen molar-refractivity contribution >= 4 is 17.6 Å². The molecule has 6 nitrogen and oxygen atoms in total. The molecule has 1 atom stereocenters. The number of nitrogens with one attached hydrogen (secondary N) is 1. The maximum atomic E-state index is 13.6. The van der Waals surface area contributed by atoms with Crippen LogP contribution >= 0.6 is 0 Å². The fraction of sp³-hybridized carbons (Fsp3) is 0.233. The summed E-state index contributed by atoms with van der Waals surface area (Å²) >= 11 is 0. The molecular weight excluding hydrogens is 467 g/mol. The molecule has 0 radical (unpaired) electrons. The molecule has 37 heavy (non-hydrogen) atoms. The monoisotopic (exact) mass is 498 g/mol. The van der Waals surface area contributed by atoms with Crippen molar-refractivity contribution in [3.63, 3.8) is 0 Å². The zero-order chi connectivity index (χ0) is 26.4. The van der Waals surface area contributed by atoms with Crippen LogP contribution in [-0.4, -0.2) is 39.1 Å². The number of hydrogen-bond donors (Lipinski definition) is 1. The van der Waals surface area contributed by atoms with E-state index in [2.05, 4.69) is 10.4 Å². The molecule has 190 valence electrons. The first-order chi connectivity index (χ1) is 17.9. The number of benzene rings is 3. The van der Waals surface area contributed by atoms with Crippen LogP contribution in [0.3, 0.4) is 0 Å². The summed E-state index contributed by atoms with van der Waals surface area (Å²) in [7, 11) is 0. The first kappa shape index (κ1) is 25.8. The van der Waals surface area contributed by atoms with Crippen molar-refractivity contribution < 1.29 is 14.0 Å². The van der Waals surface area contributed by atoms with Gasteiger partial charge in [0, 0.05) is 17.7 Å². The number of carbonyl (C=O) groups excluding carboxylic acids is 2. The highest BCUT2D eigenvalue weighted by Crippen LogP contribution is 2.26. The van der Waals surface area contributed by atoms with Crippen LogP contribution in [0.2, 0.25) is 0 Å². The Morgan fingerprint density at radius 1 is 0.946 bits per heavy atom. The molecule has 1 unspecified atom stereocenters. The number of rotatable bonds is 9. The van der Waals surface area contributed by atoms with Crippen molar-refractivity contribution in [3.05, 3.63) is 102 Å². The van der Waals surface area contributed by atoms with E-state index in [-0.39, 0.29) is 36.1 Å². The highest BCUT2D eigenvalue weighted by Gasteiger charge is 2.28. The van der Waals surface area contributed by atoms with Gasteiger partial charge in [0.15, 0.2) is 0 Å². The van der Waals surface area contributed by atoms with Crippen molar-refractivity contribution in [1.82, 2.24) is 14.7 Å². The van der Waals surface area contributed by atoms with Gasteiger partial charge in [-0.3, -0.25) is 9.59 Å². The summed E-state index contributed by atoms with van der Waals surface area (Å²) in [6.07, 6.45) is 0.630. The van der Waals surface area contributed by atoms with E-state index in [1.807, 2.05) is 81.4 Å². The van der Waals surface area contributed by atoms with Crippen LogP contribution in [0.25, 0.3) is 16.9 Å². The van der Waals surface area contributed by atoms with Gasteiger partial charge in [0.25, 0.3) is 0 Å². The van der Waals surface area contributed by atoms with Crippen LogP contribution in [0.4, 0.5) is 10.2 Å². The lowest BCUT2D eigenvalue weighted by Crippen LogP contribution is -2.44. The molecule has 0 bridgehead atoms. The molecular formula is C30H31FN4O2. The van der Waals surface area contributed by atoms with Crippen molar-refractivity contribution in [3.8, 4) is 16.9 Å². The van der Waals surface area contributed by atoms with Gasteiger partial charge in [-0.05, 0) is 50.1 Å². The van der Waals surface area contributed by atoms with E-state index in [1.165, 1.54) is 12.1 Å². The zero-order valence-electron chi connectivity index (χ0n) is 21.3. The van der Waals surface area contributed by atoms with E-state index in [0.29, 0.717) is 23.6 Å². The summed E-state index contributed by atoms with van der Waals surface area (Å²) in [5.41, 5.74) is 3.08. The Labute approximate surface area is 216 Å². The molecule has 0 aliphatic heterocycles. The van der Waals surface area contributed by atoms with Gasteiger partial charge in [0.1, 0.15) is 18.2 Å². The number of amides is 2. The van der Waals surface area contributed by atoms with E-state index in [9.17, 15) is 14.0 Å². The second-order valence-electron chi connectivity index (χ2n) is 9.15. The maximum absolute atomic E-state index is 13.6. The highest BCUT2D eigenvalue weighted by atomic mass is 19.1. The number of hydrogen-bond acceptors (Lipinski definition) is 3. The summed E-state index contributed by atoms with van der Waals surface area (Å²) in [5.74, 6) is -0.684. The molecule has 0 aliphatic rings. The second-order valence-corrected chi connectivity index (χ2v) is 9.15. The zero-order valence-corrected chi connectivity index (χ0v) is 21.3. The molecule has 0 saturated heterocycles. The minimum Gasteiger partial charge on any atom is -0.330 e. The van der Waals surface area contributed by atoms with Crippen LogP contribution in [-0.2, 0) is 9.59 Å². The first-order valence-corrected chi connectivity index (χ1v) is 12.4. The topological polar surface area (TPSA) is 67.2 Å². The summed E-state index contributed by atoms with van der Waals surface area (Å²) in [6, 6.07) is 26.7. The smallest absolute Gasteiger partial charge is 0.245 e. The van der Waals surface area contributed by atoms with Crippen molar-refractivity contribution in [1.29, 1.82) is 0 Å². The molecule has 4 aromatic rings. The van der Waals surface area contributed by atoms with Gasteiger partial charge in [-0.15, -0.1) is 0 Å². The molecule has 0 aliphatic carbocycles. The Balaban J connectivity index is 1.59. The van der Waals surface area contributed by atoms with Crippen molar-refractivity contribution in [2.75, 3.05) is 11.9 Å². The minimum absolute atomic E-state index is 0.0872. The Hall–Kier alpha value is -4.26. The maximum Gasteiger partial charge on any atom is 0.245 e. The van der Waals surface area contributed by atoms with Gasteiger partial charge in [0.2, 0.25) is 11.8 Å². The third-order valence-electron chi connectivity index (χ3n) is 6.25. The number of halogens is 1. The summed E-state index contributed by atoms with van der Waals surface area (Å²) < 4.78 is 15.1. The molecule has 1 heterocycles. The van der Waals surface area contributed by atoms with Gasteiger partial charge >= 0.3 is 0 Å². The number of aromatic nitrogens is 2. The van der Waals surface area contributed by atoms with Crippen LogP contribution in [0, 0.1) is 5.82 Å². The van der Waals surface area contributed by atoms with Gasteiger partial charge < -0.3 is 10.2 Å². The average Bonchev–Trinajstić information content (AvgIpc) is 3.32. The van der Waals surface area contributed by atoms with Gasteiger partial charge in [-0.1, -0.05) is 67.6 Å². The number of anilines is 1. The standard InChI is InChI=1S/C30H31FN4O2/c1-4-26(22-11-7-5-8-12-22)30(37)34(21(2)3)20-29(36)32-28-19-27(23-13-9-6-10-14-23)33-35(28)25-17-15-24(31)16-18-25/h5-19,21,26H,4,20H2,1-3H3,(H,32,36). The SMILES string of the molecule is CCC(C(=O)N(CC(=O)Nc1cc(-c2ccccc2)nn1-c1ccc(F)cc1)C(C)C)c1ccccc1. The van der Waals surface area contributed by atoms with E-state index < -0.39 is 0 Å². The molecule has 1 aromatic heterocycles. The Bertz CT molecular complexity index is 1340. The number of nitrogens with zero attached hydrogens (tertiary/aromatic N) is 3. The fourth-order valence-electron chi connectivity index (χ4n) is 4.29. The lowest BCUT2D eigenvalue weighted by Gasteiger charge is -2.30. The molecule has 0 fully saturated rings. The fourth-order valence-corrected chi connectivity index (χ4v) is 4.29.